The van der Waals surface area contributed by atoms with E-state index in [1.807, 2.05) is 51.1 Å². The van der Waals surface area contributed by atoms with Crippen molar-refractivity contribution < 1.29 is 19.1 Å². The van der Waals surface area contributed by atoms with Crippen molar-refractivity contribution in [2.45, 2.75) is 33.2 Å². The predicted octanol–water partition coefficient (Wildman–Crippen LogP) is 3.60. The molecule has 1 aliphatic heterocycles. The molecule has 0 N–H and O–H groups in total. The maximum atomic E-state index is 12.9. The lowest BCUT2D eigenvalue weighted by Gasteiger charge is -2.29. The number of carbonyl (C=O) groups is 3. The smallest absolute Gasteiger partial charge is 0.261 e. The Balaban J connectivity index is 1.69. The fraction of sp³-hybridized carbons (Fsp3) is 0.348. The van der Waals surface area contributed by atoms with Crippen molar-refractivity contribution in [1.82, 2.24) is 9.80 Å². The summed E-state index contributed by atoms with van der Waals surface area (Å²) >= 11 is 0. The molecule has 2 aromatic carbocycles. The Hall–Kier alpha value is -3.15. The van der Waals surface area contributed by atoms with Crippen molar-refractivity contribution in [3.05, 3.63) is 64.7 Å². The molecule has 6 heteroatoms. The molecule has 6 nitrogen and oxygen atoms in total. The monoisotopic (exact) mass is 394 g/mol. The first-order valence-electron chi connectivity index (χ1n) is 9.77. The molecule has 0 radical (unpaired) electrons. The molecular formula is C23H26N2O4. The number of aryl methyl sites for hydroxylation is 1. The fourth-order valence-corrected chi connectivity index (χ4v) is 3.71. The zero-order chi connectivity index (χ0) is 21.1. The quantitative estimate of drug-likeness (QED) is 0.673. The van der Waals surface area contributed by atoms with E-state index >= 15 is 0 Å². The predicted molar refractivity (Wildman–Crippen MR) is 110 cm³/mol. The zero-order valence-electron chi connectivity index (χ0n) is 17.3. The topological polar surface area (TPSA) is 66.9 Å². The van der Waals surface area contributed by atoms with Crippen LogP contribution < -0.4 is 4.74 Å². The van der Waals surface area contributed by atoms with Crippen LogP contribution in [0.2, 0.25) is 0 Å². The Labute approximate surface area is 171 Å². The van der Waals surface area contributed by atoms with Crippen LogP contribution in [0.5, 0.6) is 5.75 Å². The van der Waals surface area contributed by atoms with Gasteiger partial charge in [0.15, 0.2) is 0 Å². The summed E-state index contributed by atoms with van der Waals surface area (Å²) in [4.78, 5) is 41.0. The summed E-state index contributed by atoms with van der Waals surface area (Å²) in [6, 6.07) is 12.7. The van der Waals surface area contributed by atoms with Gasteiger partial charge in [0.05, 0.1) is 24.3 Å². The van der Waals surface area contributed by atoms with Crippen LogP contribution in [0.25, 0.3) is 0 Å². The van der Waals surface area contributed by atoms with Crippen LogP contribution in [0.1, 0.15) is 58.2 Å². The molecule has 1 heterocycles. The highest BCUT2D eigenvalue weighted by Gasteiger charge is 2.35. The van der Waals surface area contributed by atoms with Crippen LogP contribution >= 0.6 is 0 Å². The lowest BCUT2D eigenvalue weighted by Crippen LogP contribution is -2.38. The van der Waals surface area contributed by atoms with E-state index in [-0.39, 0.29) is 36.7 Å². The molecule has 0 fully saturated rings. The van der Waals surface area contributed by atoms with Gasteiger partial charge >= 0.3 is 0 Å². The maximum Gasteiger partial charge on any atom is 0.261 e. The summed E-state index contributed by atoms with van der Waals surface area (Å²) in [6.07, 6.45) is 0.0899. The second kappa shape index (κ2) is 8.47. The molecule has 152 valence electrons. The third-order valence-corrected chi connectivity index (χ3v) is 5.38. The molecule has 0 bridgehead atoms. The summed E-state index contributed by atoms with van der Waals surface area (Å²) in [5.41, 5.74) is 2.72. The van der Waals surface area contributed by atoms with Gasteiger partial charge in [0.1, 0.15) is 5.75 Å². The van der Waals surface area contributed by atoms with E-state index in [0.717, 1.165) is 16.9 Å². The third kappa shape index (κ3) is 4.01. The van der Waals surface area contributed by atoms with Crippen LogP contribution in [0.4, 0.5) is 0 Å². The highest BCUT2D eigenvalue weighted by molar-refractivity contribution is 6.21. The maximum absolute atomic E-state index is 12.9. The molecule has 0 saturated carbocycles. The zero-order valence-corrected chi connectivity index (χ0v) is 17.3. The average Bonchev–Trinajstić information content (AvgIpc) is 2.96. The van der Waals surface area contributed by atoms with E-state index in [1.54, 1.807) is 24.1 Å². The van der Waals surface area contributed by atoms with Crippen molar-refractivity contribution in [2.24, 2.45) is 0 Å². The Morgan fingerprint density at radius 1 is 1.10 bits per heavy atom. The number of imide groups is 1. The summed E-state index contributed by atoms with van der Waals surface area (Å²) in [6.45, 7) is 6.35. The number of rotatable bonds is 7. The molecule has 0 saturated heterocycles. The lowest BCUT2D eigenvalue weighted by atomic mass is 10.1. The second-order valence-corrected chi connectivity index (χ2v) is 7.19. The molecule has 0 aliphatic carbocycles. The van der Waals surface area contributed by atoms with Gasteiger partial charge in [-0.25, -0.2) is 0 Å². The van der Waals surface area contributed by atoms with Gasteiger partial charge in [0, 0.05) is 19.5 Å². The second-order valence-electron chi connectivity index (χ2n) is 7.19. The first-order valence-corrected chi connectivity index (χ1v) is 9.77. The van der Waals surface area contributed by atoms with Crippen molar-refractivity contribution in [3.63, 3.8) is 0 Å². The van der Waals surface area contributed by atoms with Gasteiger partial charge in [-0.2, -0.15) is 0 Å². The summed E-state index contributed by atoms with van der Waals surface area (Å²) in [7, 11) is 1.61. The van der Waals surface area contributed by atoms with Crippen LogP contribution in [0, 0.1) is 6.92 Å². The lowest BCUT2D eigenvalue weighted by molar-refractivity contribution is -0.133. The fourth-order valence-electron chi connectivity index (χ4n) is 3.71. The van der Waals surface area contributed by atoms with Gasteiger partial charge in [-0.3, -0.25) is 19.3 Å². The summed E-state index contributed by atoms with van der Waals surface area (Å²) in [5, 5.41) is 0. The molecule has 3 rings (SSSR count). The number of carbonyl (C=O) groups excluding carboxylic acids is 3. The number of benzene rings is 2. The van der Waals surface area contributed by atoms with Gasteiger partial charge in [0.25, 0.3) is 11.8 Å². The summed E-state index contributed by atoms with van der Waals surface area (Å²) < 4.78 is 5.27. The Morgan fingerprint density at radius 2 is 1.83 bits per heavy atom. The van der Waals surface area contributed by atoms with Crippen LogP contribution in [0.15, 0.2) is 42.5 Å². The molecule has 3 amide bonds. The van der Waals surface area contributed by atoms with Crippen molar-refractivity contribution >= 4 is 17.7 Å². The Kier molecular flexibility index (Phi) is 6.01. The SMILES string of the molecule is CCN(C(=O)CCN1C(=O)c2ccc(C)cc2C1=O)C(C)c1cccc(OC)c1. The van der Waals surface area contributed by atoms with Crippen LogP contribution in [-0.4, -0.2) is 47.7 Å². The standard InChI is InChI=1S/C23H26N2O4/c1-5-24(16(3)17-7-6-8-18(14-17)29-4)21(26)11-12-25-22(27)19-10-9-15(2)13-20(19)23(25)28/h6-10,13-14,16H,5,11-12H2,1-4H3. The molecule has 1 unspecified atom stereocenters. The molecular weight excluding hydrogens is 368 g/mol. The van der Waals surface area contributed by atoms with E-state index in [0.29, 0.717) is 17.7 Å². The Bertz CT molecular complexity index is 954. The molecule has 2 aromatic rings. The van der Waals surface area contributed by atoms with Crippen molar-refractivity contribution in [2.75, 3.05) is 20.2 Å². The number of nitrogens with zero attached hydrogens (tertiary/aromatic N) is 2. The molecule has 0 spiro atoms. The van der Waals surface area contributed by atoms with Crippen molar-refractivity contribution in [3.8, 4) is 5.75 Å². The molecule has 1 atom stereocenters. The minimum absolute atomic E-state index is 0.0750. The third-order valence-electron chi connectivity index (χ3n) is 5.38. The number of fused-ring (bicyclic) bond motifs is 1. The largest absolute Gasteiger partial charge is 0.497 e. The molecule has 1 aliphatic rings. The van der Waals surface area contributed by atoms with E-state index in [9.17, 15) is 14.4 Å². The number of hydrogen-bond acceptors (Lipinski definition) is 4. The van der Waals surface area contributed by atoms with Gasteiger partial charge in [-0.1, -0.05) is 23.8 Å². The first-order chi connectivity index (χ1) is 13.9. The average molecular weight is 394 g/mol. The number of methoxy groups -OCH3 is 1. The van der Waals surface area contributed by atoms with E-state index in [1.165, 1.54) is 4.90 Å². The van der Waals surface area contributed by atoms with E-state index < -0.39 is 0 Å². The van der Waals surface area contributed by atoms with Gasteiger partial charge in [-0.05, 0) is 50.6 Å². The minimum Gasteiger partial charge on any atom is -0.497 e. The minimum atomic E-state index is -0.332. The number of amides is 3. The molecule has 0 aromatic heterocycles. The van der Waals surface area contributed by atoms with Crippen molar-refractivity contribution in [1.29, 1.82) is 0 Å². The number of hydrogen-bond donors (Lipinski definition) is 0. The normalized spacial score (nSPS) is 14.0. The van der Waals surface area contributed by atoms with Gasteiger partial charge in [0.2, 0.25) is 5.91 Å². The number of ether oxygens (including phenoxy) is 1. The van der Waals surface area contributed by atoms with Crippen LogP contribution in [0.3, 0.4) is 0 Å². The van der Waals surface area contributed by atoms with E-state index in [4.69, 9.17) is 4.74 Å². The summed E-state index contributed by atoms with van der Waals surface area (Å²) in [5.74, 6) is -0.0261. The Morgan fingerprint density at radius 3 is 2.52 bits per heavy atom. The van der Waals surface area contributed by atoms with Gasteiger partial charge < -0.3 is 9.64 Å². The van der Waals surface area contributed by atoms with Crippen LogP contribution in [-0.2, 0) is 4.79 Å². The first kappa shape index (κ1) is 20.6. The van der Waals surface area contributed by atoms with E-state index in [2.05, 4.69) is 0 Å². The highest BCUT2D eigenvalue weighted by atomic mass is 16.5. The highest BCUT2D eigenvalue weighted by Crippen LogP contribution is 2.26. The molecule has 29 heavy (non-hydrogen) atoms. The van der Waals surface area contributed by atoms with Gasteiger partial charge in [-0.15, -0.1) is 0 Å².